The number of anilines is 1. The Morgan fingerprint density at radius 3 is 2.43 bits per heavy atom. The van der Waals surface area contributed by atoms with Crippen LogP contribution in [0.4, 0.5) is 5.69 Å². The smallest absolute Gasteiger partial charge is 0.240 e. The molecule has 4 rings (SSSR count). The van der Waals surface area contributed by atoms with E-state index in [9.17, 15) is 9.59 Å². The minimum Gasteiger partial charge on any atom is -0.352 e. The first kappa shape index (κ1) is 25.0. The van der Waals surface area contributed by atoms with Crippen molar-refractivity contribution in [1.82, 2.24) is 20.1 Å². The predicted molar refractivity (Wildman–Crippen MR) is 140 cm³/mol. The Balaban J connectivity index is 1.49. The highest BCUT2D eigenvalue weighted by atomic mass is 32.2. The van der Waals surface area contributed by atoms with Gasteiger partial charge in [0.15, 0.2) is 11.0 Å². The van der Waals surface area contributed by atoms with Gasteiger partial charge in [0.25, 0.3) is 0 Å². The summed E-state index contributed by atoms with van der Waals surface area (Å²) in [5, 5.41) is 12.0. The lowest BCUT2D eigenvalue weighted by Gasteiger charge is -2.28. The highest BCUT2D eigenvalue weighted by Gasteiger charge is 2.27. The molecule has 2 amide bonds. The number of nitrogens with zero attached hydrogens (tertiary/aromatic N) is 4. The Kier molecular flexibility index (Phi) is 8.23. The van der Waals surface area contributed by atoms with Gasteiger partial charge in [-0.3, -0.25) is 9.59 Å². The van der Waals surface area contributed by atoms with E-state index in [1.165, 1.54) is 18.2 Å². The molecular weight excluding hydrogens is 458 g/mol. The third kappa shape index (κ3) is 6.31. The number of hydrogen-bond donors (Lipinski definition) is 1. The van der Waals surface area contributed by atoms with Crippen LogP contribution in [0.3, 0.4) is 0 Å². The summed E-state index contributed by atoms with van der Waals surface area (Å²) in [6.45, 7) is 3.85. The van der Waals surface area contributed by atoms with E-state index in [2.05, 4.69) is 15.5 Å². The number of thioether (sulfide) groups is 1. The standard InChI is InChI=1S/C27H33N5O2S/c1-19-14-16-23(17-15-19)32(18-24(33)28-22-12-8-5-9-13-22)26(34)20(2)35-27-30-29-25(31(27)3)21-10-6-4-7-11-21/h4,6-7,10-11,14-17,20,22H,5,8-9,12-13,18H2,1-3H3,(H,28,33)/t20-/m1/s1. The molecule has 3 aromatic rings. The molecule has 8 heteroatoms. The molecule has 0 unspecified atom stereocenters. The van der Waals surface area contributed by atoms with Crippen LogP contribution in [0.5, 0.6) is 0 Å². The summed E-state index contributed by atoms with van der Waals surface area (Å²) in [7, 11) is 1.90. The lowest BCUT2D eigenvalue weighted by molar-refractivity contribution is -0.124. The minimum atomic E-state index is -0.453. The minimum absolute atomic E-state index is 0.00260. The van der Waals surface area contributed by atoms with Crippen molar-refractivity contribution >= 4 is 29.3 Å². The zero-order valence-corrected chi connectivity index (χ0v) is 21.4. The van der Waals surface area contributed by atoms with Gasteiger partial charge >= 0.3 is 0 Å². The Hall–Kier alpha value is -3.13. The molecule has 1 fully saturated rings. The van der Waals surface area contributed by atoms with Gasteiger partial charge in [0.2, 0.25) is 11.8 Å². The topological polar surface area (TPSA) is 80.1 Å². The van der Waals surface area contributed by atoms with Crippen LogP contribution < -0.4 is 10.2 Å². The lowest BCUT2D eigenvalue weighted by atomic mass is 9.95. The Bertz CT molecular complexity index is 1140. The second-order valence-electron chi connectivity index (χ2n) is 9.15. The number of amides is 2. The maximum absolute atomic E-state index is 13.6. The SMILES string of the molecule is Cc1ccc(N(CC(=O)NC2CCCCC2)C(=O)[C@@H](C)Sc2nnc(-c3ccccc3)n2C)cc1. The van der Waals surface area contributed by atoms with Crippen LogP contribution >= 0.6 is 11.8 Å². The van der Waals surface area contributed by atoms with E-state index in [0.717, 1.165) is 48.3 Å². The first-order chi connectivity index (χ1) is 16.9. The summed E-state index contributed by atoms with van der Waals surface area (Å²) in [6.07, 6.45) is 5.52. The number of aryl methyl sites for hydroxylation is 1. The van der Waals surface area contributed by atoms with Crippen LogP contribution in [0.15, 0.2) is 59.8 Å². The van der Waals surface area contributed by atoms with Gasteiger partial charge in [-0.1, -0.05) is 79.1 Å². The van der Waals surface area contributed by atoms with Crippen LogP contribution in [0.25, 0.3) is 11.4 Å². The van der Waals surface area contributed by atoms with Gasteiger partial charge < -0.3 is 14.8 Å². The number of aromatic nitrogens is 3. The molecule has 1 heterocycles. The molecule has 1 saturated carbocycles. The summed E-state index contributed by atoms with van der Waals surface area (Å²) in [4.78, 5) is 28.1. The second kappa shape index (κ2) is 11.5. The third-order valence-electron chi connectivity index (χ3n) is 6.38. The highest BCUT2D eigenvalue weighted by Crippen LogP contribution is 2.28. The number of nitrogens with one attached hydrogen (secondary N) is 1. The number of hydrogen-bond acceptors (Lipinski definition) is 5. The normalized spacial score (nSPS) is 14.9. The summed E-state index contributed by atoms with van der Waals surface area (Å²) >= 11 is 1.35. The quantitative estimate of drug-likeness (QED) is 0.460. The van der Waals surface area contributed by atoms with Crippen molar-refractivity contribution in [2.45, 2.75) is 62.4 Å². The molecule has 1 aliphatic rings. The van der Waals surface area contributed by atoms with Crippen molar-refractivity contribution in [3.8, 4) is 11.4 Å². The highest BCUT2D eigenvalue weighted by molar-refractivity contribution is 8.00. The van der Waals surface area contributed by atoms with E-state index >= 15 is 0 Å². The summed E-state index contributed by atoms with van der Waals surface area (Å²) in [5.41, 5.74) is 2.78. The van der Waals surface area contributed by atoms with Crippen LogP contribution in [0.2, 0.25) is 0 Å². The fourth-order valence-corrected chi connectivity index (χ4v) is 5.25. The number of carbonyl (C=O) groups excluding carboxylic acids is 2. The van der Waals surface area contributed by atoms with E-state index in [0.29, 0.717) is 5.16 Å². The van der Waals surface area contributed by atoms with E-state index in [-0.39, 0.29) is 24.4 Å². The third-order valence-corrected chi connectivity index (χ3v) is 7.50. The van der Waals surface area contributed by atoms with Crippen molar-refractivity contribution in [3.63, 3.8) is 0 Å². The first-order valence-corrected chi connectivity index (χ1v) is 13.1. The van der Waals surface area contributed by atoms with E-state index in [4.69, 9.17) is 0 Å². The molecule has 35 heavy (non-hydrogen) atoms. The molecule has 0 spiro atoms. The van der Waals surface area contributed by atoms with Crippen molar-refractivity contribution in [2.24, 2.45) is 7.05 Å². The summed E-state index contributed by atoms with van der Waals surface area (Å²) in [5.74, 6) is 0.491. The van der Waals surface area contributed by atoms with Crippen molar-refractivity contribution in [1.29, 1.82) is 0 Å². The van der Waals surface area contributed by atoms with E-state index < -0.39 is 5.25 Å². The van der Waals surface area contributed by atoms with Gasteiger partial charge in [0.1, 0.15) is 6.54 Å². The molecule has 1 aliphatic carbocycles. The number of benzene rings is 2. The monoisotopic (exact) mass is 491 g/mol. The van der Waals surface area contributed by atoms with Crippen molar-refractivity contribution in [3.05, 3.63) is 60.2 Å². The molecule has 7 nitrogen and oxygen atoms in total. The van der Waals surface area contributed by atoms with Crippen LogP contribution in [-0.2, 0) is 16.6 Å². The molecule has 1 atom stereocenters. The molecule has 0 saturated heterocycles. The number of rotatable bonds is 8. The Morgan fingerprint density at radius 2 is 1.74 bits per heavy atom. The van der Waals surface area contributed by atoms with Gasteiger partial charge in [-0.25, -0.2) is 0 Å². The first-order valence-electron chi connectivity index (χ1n) is 12.2. The molecule has 2 aromatic carbocycles. The maximum Gasteiger partial charge on any atom is 0.240 e. The van der Waals surface area contributed by atoms with Crippen molar-refractivity contribution < 1.29 is 9.59 Å². The molecule has 0 aliphatic heterocycles. The van der Waals surface area contributed by atoms with Gasteiger partial charge in [-0.05, 0) is 38.8 Å². The Morgan fingerprint density at radius 1 is 1.06 bits per heavy atom. The fourth-order valence-electron chi connectivity index (χ4n) is 4.37. The average molecular weight is 492 g/mol. The van der Waals surface area contributed by atoms with E-state index in [1.54, 1.807) is 4.90 Å². The summed E-state index contributed by atoms with van der Waals surface area (Å²) in [6, 6.07) is 17.8. The molecule has 0 radical (unpaired) electrons. The van der Waals surface area contributed by atoms with Gasteiger partial charge in [0, 0.05) is 24.3 Å². The molecule has 184 valence electrons. The molecule has 1 aromatic heterocycles. The zero-order valence-electron chi connectivity index (χ0n) is 20.6. The average Bonchev–Trinajstić information content (AvgIpc) is 3.23. The zero-order chi connectivity index (χ0) is 24.8. The maximum atomic E-state index is 13.6. The fraction of sp³-hybridized carbons (Fsp3) is 0.407. The van der Waals surface area contributed by atoms with Gasteiger partial charge in [-0.2, -0.15) is 0 Å². The van der Waals surface area contributed by atoms with Gasteiger partial charge in [0.05, 0.1) is 5.25 Å². The largest absolute Gasteiger partial charge is 0.352 e. The molecule has 1 N–H and O–H groups in total. The lowest BCUT2D eigenvalue weighted by Crippen LogP contribution is -2.46. The van der Waals surface area contributed by atoms with Gasteiger partial charge in [-0.15, -0.1) is 10.2 Å². The summed E-state index contributed by atoms with van der Waals surface area (Å²) < 4.78 is 1.90. The number of carbonyl (C=O) groups is 2. The van der Waals surface area contributed by atoms with E-state index in [1.807, 2.05) is 80.1 Å². The van der Waals surface area contributed by atoms with Crippen LogP contribution in [0.1, 0.15) is 44.6 Å². The van der Waals surface area contributed by atoms with Crippen LogP contribution in [0, 0.1) is 6.92 Å². The molecule has 0 bridgehead atoms. The Labute approximate surface area is 211 Å². The van der Waals surface area contributed by atoms with Crippen molar-refractivity contribution in [2.75, 3.05) is 11.4 Å². The molecular formula is C27H33N5O2S. The van der Waals surface area contributed by atoms with Crippen LogP contribution in [-0.4, -0.2) is 44.4 Å². The second-order valence-corrected chi connectivity index (χ2v) is 10.5. The predicted octanol–water partition coefficient (Wildman–Crippen LogP) is 4.75.